The van der Waals surface area contributed by atoms with Crippen LogP contribution in [0.2, 0.25) is 10.0 Å². The standard InChI is InChI=1S/C30H24Cl2N2O5/c1-3-6-19-9-13-27(28(15-19)37-2)38-18-29(35)34-33-17-24-22-8-5-4-7-20(22)10-14-26(24)39-30(36)23-12-11-21(31)16-25(23)32/h3-5,7-17H,1,6,18H2,2H3,(H,34,35). The Morgan fingerprint density at radius 3 is 2.54 bits per heavy atom. The number of benzene rings is 4. The molecule has 0 aromatic heterocycles. The summed E-state index contributed by atoms with van der Waals surface area (Å²) in [4.78, 5) is 25.3. The van der Waals surface area contributed by atoms with Crippen molar-refractivity contribution in [1.82, 2.24) is 5.43 Å². The van der Waals surface area contributed by atoms with Crippen LogP contribution in [0.3, 0.4) is 0 Å². The van der Waals surface area contributed by atoms with Crippen LogP contribution in [0.4, 0.5) is 0 Å². The summed E-state index contributed by atoms with van der Waals surface area (Å²) >= 11 is 12.1. The van der Waals surface area contributed by atoms with Gasteiger partial charge in [-0.25, -0.2) is 10.2 Å². The third-order valence-electron chi connectivity index (χ3n) is 5.63. The lowest BCUT2D eigenvalue weighted by atomic mass is 10.0. The molecule has 0 fully saturated rings. The Hall–Kier alpha value is -4.33. The molecular weight excluding hydrogens is 539 g/mol. The van der Waals surface area contributed by atoms with Crippen LogP contribution in [0.25, 0.3) is 10.8 Å². The molecule has 0 atom stereocenters. The molecular formula is C30H24Cl2N2O5. The fourth-order valence-corrected chi connectivity index (χ4v) is 4.26. The van der Waals surface area contributed by atoms with Gasteiger partial charge in [-0.15, -0.1) is 6.58 Å². The van der Waals surface area contributed by atoms with E-state index in [0.29, 0.717) is 28.5 Å². The number of amides is 1. The number of esters is 1. The lowest BCUT2D eigenvalue weighted by Crippen LogP contribution is -2.24. The summed E-state index contributed by atoms with van der Waals surface area (Å²) in [5, 5.41) is 6.30. The molecule has 4 aromatic carbocycles. The van der Waals surface area contributed by atoms with Gasteiger partial charge in [0.2, 0.25) is 0 Å². The average molecular weight is 563 g/mol. The zero-order valence-corrected chi connectivity index (χ0v) is 22.5. The van der Waals surface area contributed by atoms with Crippen molar-refractivity contribution in [3.63, 3.8) is 0 Å². The van der Waals surface area contributed by atoms with Gasteiger partial charge >= 0.3 is 5.97 Å². The molecule has 4 aromatic rings. The molecule has 0 unspecified atom stereocenters. The van der Waals surface area contributed by atoms with E-state index in [1.807, 2.05) is 42.5 Å². The molecule has 0 saturated heterocycles. The first-order chi connectivity index (χ1) is 18.9. The van der Waals surface area contributed by atoms with Crippen molar-refractivity contribution in [1.29, 1.82) is 0 Å². The number of nitrogens with zero attached hydrogens (tertiary/aromatic N) is 1. The van der Waals surface area contributed by atoms with Crippen LogP contribution in [-0.2, 0) is 11.2 Å². The molecule has 0 heterocycles. The minimum Gasteiger partial charge on any atom is -0.493 e. The maximum atomic E-state index is 12.9. The van der Waals surface area contributed by atoms with Gasteiger partial charge in [0.15, 0.2) is 18.1 Å². The second-order valence-corrected chi connectivity index (χ2v) is 9.12. The SMILES string of the molecule is C=CCc1ccc(OCC(=O)NN=Cc2c(OC(=O)c3ccc(Cl)cc3Cl)ccc3ccccc23)c(OC)c1. The zero-order chi connectivity index (χ0) is 27.8. The molecule has 4 rings (SSSR count). The average Bonchev–Trinajstić information content (AvgIpc) is 2.93. The topological polar surface area (TPSA) is 86.2 Å². The molecule has 1 N–H and O–H groups in total. The predicted molar refractivity (Wildman–Crippen MR) is 153 cm³/mol. The third-order valence-corrected chi connectivity index (χ3v) is 6.18. The van der Waals surface area contributed by atoms with E-state index in [4.69, 9.17) is 37.4 Å². The van der Waals surface area contributed by atoms with E-state index in [0.717, 1.165) is 16.3 Å². The number of nitrogens with one attached hydrogen (secondary N) is 1. The van der Waals surface area contributed by atoms with Crippen molar-refractivity contribution in [2.75, 3.05) is 13.7 Å². The lowest BCUT2D eigenvalue weighted by Gasteiger charge is -2.12. The van der Waals surface area contributed by atoms with Crippen molar-refractivity contribution < 1.29 is 23.8 Å². The predicted octanol–water partition coefficient (Wildman–Crippen LogP) is 6.63. The van der Waals surface area contributed by atoms with Gasteiger partial charge in [0.05, 0.1) is 23.9 Å². The third kappa shape index (κ3) is 6.96. The molecule has 1 amide bonds. The highest BCUT2D eigenvalue weighted by atomic mass is 35.5. The number of fused-ring (bicyclic) bond motifs is 1. The Bertz CT molecular complexity index is 1570. The highest BCUT2D eigenvalue weighted by molar-refractivity contribution is 6.36. The number of hydrogen-bond donors (Lipinski definition) is 1. The van der Waals surface area contributed by atoms with E-state index in [9.17, 15) is 9.59 Å². The van der Waals surface area contributed by atoms with Gasteiger partial charge in [-0.2, -0.15) is 5.10 Å². The molecule has 0 aliphatic carbocycles. The van der Waals surface area contributed by atoms with E-state index < -0.39 is 11.9 Å². The number of ether oxygens (including phenoxy) is 3. The number of methoxy groups -OCH3 is 1. The van der Waals surface area contributed by atoms with E-state index in [1.54, 1.807) is 24.3 Å². The van der Waals surface area contributed by atoms with Crippen LogP contribution >= 0.6 is 23.2 Å². The first kappa shape index (κ1) is 27.7. The van der Waals surface area contributed by atoms with Gasteiger partial charge in [-0.05, 0) is 59.2 Å². The first-order valence-corrected chi connectivity index (χ1v) is 12.6. The summed E-state index contributed by atoms with van der Waals surface area (Å²) in [6.45, 7) is 3.44. The lowest BCUT2D eigenvalue weighted by molar-refractivity contribution is -0.123. The number of carbonyl (C=O) groups excluding carboxylic acids is 2. The molecule has 0 aliphatic rings. The Kier molecular flexibility index (Phi) is 9.20. The number of hydrazone groups is 1. The highest BCUT2D eigenvalue weighted by Crippen LogP contribution is 2.30. The van der Waals surface area contributed by atoms with Gasteiger partial charge in [0, 0.05) is 10.6 Å². The Labute approximate surface area is 235 Å². The van der Waals surface area contributed by atoms with E-state index in [-0.39, 0.29) is 22.9 Å². The molecule has 0 radical (unpaired) electrons. The van der Waals surface area contributed by atoms with Crippen LogP contribution in [0.5, 0.6) is 17.2 Å². The number of allylic oxidation sites excluding steroid dienone is 1. The summed E-state index contributed by atoms with van der Waals surface area (Å²) < 4.78 is 16.6. The van der Waals surface area contributed by atoms with Gasteiger partial charge in [0.1, 0.15) is 5.75 Å². The maximum absolute atomic E-state index is 12.9. The Morgan fingerprint density at radius 1 is 0.974 bits per heavy atom. The van der Waals surface area contributed by atoms with Gasteiger partial charge in [-0.1, -0.05) is 65.7 Å². The second-order valence-electron chi connectivity index (χ2n) is 8.27. The van der Waals surface area contributed by atoms with Crippen LogP contribution in [0, 0.1) is 0 Å². The minimum atomic E-state index is -0.660. The van der Waals surface area contributed by atoms with Crippen molar-refractivity contribution in [2.45, 2.75) is 6.42 Å². The number of rotatable bonds is 10. The Morgan fingerprint density at radius 2 is 1.77 bits per heavy atom. The van der Waals surface area contributed by atoms with Gasteiger partial charge in [0.25, 0.3) is 5.91 Å². The molecule has 198 valence electrons. The minimum absolute atomic E-state index is 0.163. The summed E-state index contributed by atoms with van der Waals surface area (Å²) in [5.74, 6) is 0.0211. The van der Waals surface area contributed by atoms with Crippen LogP contribution in [-0.4, -0.2) is 31.8 Å². The summed E-state index contributed by atoms with van der Waals surface area (Å²) in [7, 11) is 1.53. The molecule has 0 aliphatic heterocycles. The molecule has 7 nitrogen and oxygen atoms in total. The molecule has 0 spiro atoms. The summed E-state index contributed by atoms with van der Waals surface area (Å²) in [6.07, 6.45) is 3.89. The highest BCUT2D eigenvalue weighted by Gasteiger charge is 2.16. The monoisotopic (exact) mass is 562 g/mol. The molecule has 39 heavy (non-hydrogen) atoms. The van der Waals surface area contributed by atoms with Crippen molar-refractivity contribution >= 4 is 52.1 Å². The van der Waals surface area contributed by atoms with Crippen molar-refractivity contribution in [3.05, 3.63) is 112 Å². The number of hydrogen-bond acceptors (Lipinski definition) is 6. The fraction of sp³-hybridized carbons (Fsp3) is 0.100. The van der Waals surface area contributed by atoms with Crippen LogP contribution in [0.1, 0.15) is 21.5 Å². The normalized spacial score (nSPS) is 10.8. The molecule has 0 saturated carbocycles. The summed E-state index contributed by atoms with van der Waals surface area (Å²) in [5.41, 5.74) is 4.10. The quantitative estimate of drug-likeness (QED) is 0.0770. The number of carbonyl (C=O) groups is 2. The molecule has 9 heteroatoms. The summed E-state index contributed by atoms with van der Waals surface area (Å²) in [6, 6.07) is 20.9. The first-order valence-electron chi connectivity index (χ1n) is 11.8. The largest absolute Gasteiger partial charge is 0.493 e. The van der Waals surface area contributed by atoms with E-state index >= 15 is 0 Å². The Balaban J connectivity index is 1.49. The van der Waals surface area contributed by atoms with Crippen molar-refractivity contribution in [3.8, 4) is 17.2 Å². The maximum Gasteiger partial charge on any atom is 0.345 e. The van der Waals surface area contributed by atoms with Crippen LogP contribution < -0.4 is 19.6 Å². The van der Waals surface area contributed by atoms with E-state index in [1.165, 1.54) is 25.5 Å². The van der Waals surface area contributed by atoms with Crippen LogP contribution in [0.15, 0.2) is 90.6 Å². The number of halogens is 2. The molecule has 0 bridgehead atoms. The van der Waals surface area contributed by atoms with Gasteiger partial charge in [-0.3, -0.25) is 4.79 Å². The zero-order valence-electron chi connectivity index (χ0n) is 20.9. The van der Waals surface area contributed by atoms with Gasteiger partial charge < -0.3 is 14.2 Å². The second kappa shape index (κ2) is 13.0. The smallest absolute Gasteiger partial charge is 0.345 e. The van der Waals surface area contributed by atoms with Crippen molar-refractivity contribution in [2.24, 2.45) is 5.10 Å². The fourth-order valence-electron chi connectivity index (χ4n) is 3.78. The van der Waals surface area contributed by atoms with E-state index in [2.05, 4.69) is 17.1 Å².